The molecule has 1 aromatic rings. The molecule has 0 aliphatic carbocycles. The first-order valence-corrected chi connectivity index (χ1v) is 4.85. The average molecular weight is 214 g/mol. The van der Waals surface area contributed by atoms with Gasteiger partial charge in [-0.1, -0.05) is 24.6 Å². The molecule has 0 saturated carbocycles. The summed E-state index contributed by atoms with van der Waals surface area (Å²) in [5.74, 6) is 0.0290. The lowest BCUT2D eigenvalue weighted by Gasteiger charge is -2.05. The number of aromatic nitrogens is 1. The van der Waals surface area contributed by atoms with E-state index in [1.807, 2.05) is 13.8 Å². The van der Waals surface area contributed by atoms with E-state index in [9.17, 15) is 4.79 Å². The number of pyridine rings is 1. The van der Waals surface area contributed by atoms with E-state index in [-0.39, 0.29) is 5.97 Å². The summed E-state index contributed by atoms with van der Waals surface area (Å²) in [6.07, 6.45) is 1.16. The quantitative estimate of drug-likeness (QED) is 0.573. The molecule has 3 nitrogen and oxygen atoms in total. The Kier molecular flexibility index (Phi) is 3.89. The van der Waals surface area contributed by atoms with Gasteiger partial charge >= 0.3 is 5.97 Å². The number of halogens is 1. The standard InChI is InChI=1S/C10H12ClNO2/c1-3-4-9(13)14-10-7(2)5-6-8(11)12-10/h5-6H,3-4H2,1-2H3. The largest absolute Gasteiger partial charge is 0.407 e. The summed E-state index contributed by atoms with van der Waals surface area (Å²) in [6.45, 7) is 3.73. The smallest absolute Gasteiger partial charge is 0.312 e. The number of aryl methyl sites for hydroxylation is 1. The van der Waals surface area contributed by atoms with Crippen molar-refractivity contribution in [2.75, 3.05) is 0 Å². The highest BCUT2D eigenvalue weighted by molar-refractivity contribution is 6.29. The molecule has 1 aromatic heterocycles. The highest BCUT2D eigenvalue weighted by Crippen LogP contribution is 2.18. The van der Waals surface area contributed by atoms with Crippen molar-refractivity contribution in [1.82, 2.24) is 4.98 Å². The molecule has 1 heterocycles. The van der Waals surface area contributed by atoms with Gasteiger partial charge in [-0.25, -0.2) is 4.98 Å². The molecular weight excluding hydrogens is 202 g/mol. The maximum absolute atomic E-state index is 11.2. The van der Waals surface area contributed by atoms with Gasteiger partial charge in [0.2, 0.25) is 5.88 Å². The highest BCUT2D eigenvalue weighted by Gasteiger charge is 2.07. The lowest BCUT2D eigenvalue weighted by molar-refractivity contribution is -0.134. The van der Waals surface area contributed by atoms with Crippen molar-refractivity contribution >= 4 is 17.6 Å². The molecule has 0 fully saturated rings. The summed E-state index contributed by atoms with van der Waals surface area (Å²) >= 11 is 5.67. The Morgan fingerprint density at radius 2 is 2.29 bits per heavy atom. The monoisotopic (exact) mass is 213 g/mol. The van der Waals surface area contributed by atoms with Crippen LogP contribution >= 0.6 is 11.6 Å². The Balaban J connectivity index is 2.75. The second kappa shape index (κ2) is 4.96. The van der Waals surface area contributed by atoms with Crippen molar-refractivity contribution in [3.05, 3.63) is 22.8 Å². The summed E-state index contributed by atoms with van der Waals surface area (Å²) in [5.41, 5.74) is 0.804. The van der Waals surface area contributed by atoms with E-state index in [0.717, 1.165) is 12.0 Å². The van der Waals surface area contributed by atoms with Gasteiger partial charge < -0.3 is 4.74 Å². The van der Waals surface area contributed by atoms with E-state index in [1.54, 1.807) is 12.1 Å². The van der Waals surface area contributed by atoms with E-state index < -0.39 is 0 Å². The fourth-order valence-electron chi connectivity index (χ4n) is 0.954. The Morgan fingerprint density at radius 1 is 1.57 bits per heavy atom. The molecule has 0 atom stereocenters. The second-order valence-electron chi connectivity index (χ2n) is 2.98. The minimum absolute atomic E-state index is 0.273. The first-order valence-electron chi connectivity index (χ1n) is 4.47. The van der Waals surface area contributed by atoms with E-state index in [1.165, 1.54) is 0 Å². The maximum atomic E-state index is 11.2. The molecule has 0 bridgehead atoms. The molecular formula is C10H12ClNO2. The van der Waals surface area contributed by atoms with Crippen LogP contribution < -0.4 is 4.74 Å². The molecule has 0 saturated heterocycles. The van der Waals surface area contributed by atoms with Gasteiger partial charge in [-0.05, 0) is 19.4 Å². The number of nitrogens with zero attached hydrogens (tertiary/aromatic N) is 1. The van der Waals surface area contributed by atoms with Crippen molar-refractivity contribution in [2.24, 2.45) is 0 Å². The van der Waals surface area contributed by atoms with Crippen molar-refractivity contribution in [3.8, 4) is 5.88 Å². The average Bonchev–Trinajstić information content (AvgIpc) is 2.12. The first-order chi connectivity index (χ1) is 6.63. The van der Waals surface area contributed by atoms with Crippen LogP contribution in [0, 0.1) is 6.92 Å². The molecule has 76 valence electrons. The molecule has 0 aliphatic rings. The molecule has 14 heavy (non-hydrogen) atoms. The van der Waals surface area contributed by atoms with Gasteiger partial charge in [-0.15, -0.1) is 0 Å². The Bertz CT molecular complexity index is 339. The fraction of sp³-hybridized carbons (Fsp3) is 0.400. The Hall–Kier alpha value is -1.09. The number of hydrogen-bond acceptors (Lipinski definition) is 3. The third-order valence-corrected chi connectivity index (χ3v) is 1.89. The SMILES string of the molecule is CCCC(=O)Oc1nc(Cl)ccc1C. The van der Waals surface area contributed by atoms with E-state index >= 15 is 0 Å². The minimum Gasteiger partial charge on any atom is -0.407 e. The van der Waals surface area contributed by atoms with Crippen LogP contribution in [0.15, 0.2) is 12.1 Å². The number of ether oxygens (including phenoxy) is 1. The summed E-state index contributed by atoms with van der Waals surface area (Å²) in [6, 6.07) is 3.43. The van der Waals surface area contributed by atoms with Crippen LogP contribution in [0.4, 0.5) is 0 Å². The van der Waals surface area contributed by atoms with Gasteiger partial charge in [0.15, 0.2) is 0 Å². The van der Waals surface area contributed by atoms with Gasteiger partial charge in [0.25, 0.3) is 0 Å². The van der Waals surface area contributed by atoms with Crippen LogP contribution in [0.1, 0.15) is 25.3 Å². The third kappa shape index (κ3) is 3.00. The number of esters is 1. The number of hydrogen-bond donors (Lipinski definition) is 0. The van der Waals surface area contributed by atoms with Crippen LogP contribution in [0.25, 0.3) is 0 Å². The van der Waals surface area contributed by atoms with Crippen molar-refractivity contribution in [2.45, 2.75) is 26.7 Å². The van der Waals surface area contributed by atoms with E-state index in [4.69, 9.17) is 16.3 Å². The van der Waals surface area contributed by atoms with Crippen LogP contribution in [-0.4, -0.2) is 11.0 Å². The summed E-state index contributed by atoms with van der Waals surface area (Å²) in [4.78, 5) is 15.1. The molecule has 4 heteroatoms. The summed E-state index contributed by atoms with van der Waals surface area (Å²) < 4.78 is 5.03. The van der Waals surface area contributed by atoms with E-state index in [2.05, 4.69) is 4.98 Å². The number of carbonyl (C=O) groups is 1. The zero-order valence-electron chi connectivity index (χ0n) is 8.21. The zero-order chi connectivity index (χ0) is 10.6. The van der Waals surface area contributed by atoms with Crippen LogP contribution in [-0.2, 0) is 4.79 Å². The molecule has 0 amide bonds. The van der Waals surface area contributed by atoms with Crippen molar-refractivity contribution in [1.29, 1.82) is 0 Å². The normalized spacial score (nSPS) is 9.93. The summed E-state index contributed by atoms with van der Waals surface area (Å²) in [7, 11) is 0. The van der Waals surface area contributed by atoms with Gasteiger partial charge in [0.1, 0.15) is 5.15 Å². The molecule has 0 aromatic carbocycles. The minimum atomic E-state index is -0.273. The van der Waals surface area contributed by atoms with Crippen LogP contribution in [0.5, 0.6) is 5.88 Å². The van der Waals surface area contributed by atoms with Crippen molar-refractivity contribution in [3.63, 3.8) is 0 Å². The lowest BCUT2D eigenvalue weighted by Crippen LogP contribution is -2.09. The fourth-order valence-corrected chi connectivity index (χ4v) is 1.09. The predicted molar refractivity (Wildman–Crippen MR) is 54.5 cm³/mol. The van der Waals surface area contributed by atoms with Gasteiger partial charge in [0, 0.05) is 12.0 Å². The molecule has 0 radical (unpaired) electrons. The molecule has 0 aliphatic heterocycles. The molecule has 0 unspecified atom stereocenters. The van der Waals surface area contributed by atoms with Gasteiger partial charge in [-0.3, -0.25) is 4.79 Å². The third-order valence-electron chi connectivity index (χ3n) is 1.68. The molecule has 1 rings (SSSR count). The van der Waals surface area contributed by atoms with Gasteiger partial charge in [-0.2, -0.15) is 0 Å². The summed E-state index contributed by atoms with van der Waals surface area (Å²) in [5, 5.41) is 0.329. The van der Waals surface area contributed by atoms with Crippen LogP contribution in [0.2, 0.25) is 5.15 Å². The van der Waals surface area contributed by atoms with Crippen LogP contribution in [0.3, 0.4) is 0 Å². The number of rotatable bonds is 3. The predicted octanol–water partition coefficient (Wildman–Crippen LogP) is 2.75. The highest BCUT2D eigenvalue weighted by atomic mass is 35.5. The molecule has 0 spiro atoms. The lowest BCUT2D eigenvalue weighted by atomic mass is 10.3. The first kappa shape index (κ1) is 11.0. The Morgan fingerprint density at radius 3 is 2.93 bits per heavy atom. The topological polar surface area (TPSA) is 39.2 Å². The Labute approximate surface area is 88.1 Å². The number of carbonyl (C=O) groups excluding carboxylic acids is 1. The van der Waals surface area contributed by atoms with Gasteiger partial charge in [0.05, 0.1) is 0 Å². The maximum Gasteiger partial charge on any atom is 0.312 e. The zero-order valence-corrected chi connectivity index (χ0v) is 8.97. The molecule has 0 N–H and O–H groups in total. The second-order valence-corrected chi connectivity index (χ2v) is 3.37. The van der Waals surface area contributed by atoms with Crippen molar-refractivity contribution < 1.29 is 9.53 Å². The van der Waals surface area contributed by atoms with E-state index in [0.29, 0.717) is 17.5 Å².